The number of unbranched alkanes of at least 4 members (excludes halogenated alkanes) is 9. The second-order valence-electron chi connectivity index (χ2n) is 7.54. The quantitative estimate of drug-likeness (QED) is 0.337. The van der Waals surface area contributed by atoms with Gasteiger partial charge >= 0.3 is 0 Å². The second-order valence-corrected chi connectivity index (χ2v) is 7.54. The van der Waals surface area contributed by atoms with Gasteiger partial charge in [-0.25, -0.2) is 0 Å². The Morgan fingerprint density at radius 3 is 1.57 bits per heavy atom. The lowest BCUT2D eigenvalue weighted by molar-refractivity contribution is 0.320. The molecule has 1 atom stereocenters. The zero-order valence-corrected chi connectivity index (χ0v) is 15.7. The van der Waals surface area contributed by atoms with E-state index in [9.17, 15) is 0 Å². The Morgan fingerprint density at radius 2 is 1.14 bits per heavy atom. The summed E-state index contributed by atoms with van der Waals surface area (Å²) in [4.78, 5) is 0. The maximum absolute atomic E-state index is 3.61. The first-order valence-corrected chi connectivity index (χ1v) is 9.81. The number of nitrogens with one attached hydrogen (secondary N) is 1. The number of hydrogen-bond acceptors (Lipinski definition) is 1. The maximum Gasteiger partial charge on any atom is 0.00104 e. The van der Waals surface area contributed by atoms with E-state index in [-0.39, 0.29) is 0 Å². The van der Waals surface area contributed by atoms with Gasteiger partial charge in [0, 0.05) is 6.04 Å². The van der Waals surface area contributed by atoms with Gasteiger partial charge < -0.3 is 5.32 Å². The summed E-state index contributed by atoms with van der Waals surface area (Å²) in [6.07, 6.45) is 15.8. The van der Waals surface area contributed by atoms with Crippen LogP contribution in [-0.4, -0.2) is 12.6 Å². The van der Waals surface area contributed by atoms with Crippen molar-refractivity contribution < 1.29 is 0 Å². The van der Waals surface area contributed by atoms with Crippen LogP contribution in [0.4, 0.5) is 0 Å². The van der Waals surface area contributed by atoms with Crippen molar-refractivity contribution in [1.29, 1.82) is 0 Å². The summed E-state index contributed by atoms with van der Waals surface area (Å²) in [5.41, 5.74) is 0. The molecule has 0 fully saturated rings. The summed E-state index contributed by atoms with van der Waals surface area (Å²) in [6.45, 7) is 12.7. The van der Waals surface area contributed by atoms with Crippen molar-refractivity contribution >= 4 is 0 Å². The fraction of sp³-hybridized carbons (Fsp3) is 1.00. The molecule has 1 nitrogen and oxygen atoms in total. The lowest BCUT2D eigenvalue weighted by Crippen LogP contribution is -2.31. The monoisotopic (exact) mass is 297 g/mol. The van der Waals surface area contributed by atoms with E-state index in [1.165, 1.54) is 77.2 Å². The van der Waals surface area contributed by atoms with Gasteiger partial charge in [0.05, 0.1) is 0 Å². The summed E-state index contributed by atoms with van der Waals surface area (Å²) in [5.74, 6) is 1.68. The molecule has 0 aliphatic rings. The first-order chi connectivity index (χ1) is 10.1. The predicted octanol–water partition coefficient (Wildman–Crippen LogP) is 6.57. The molecule has 0 spiro atoms. The van der Waals surface area contributed by atoms with Crippen molar-refractivity contribution in [1.82, 2.24) is 5.32 Å². The van der Waals surface area contributed by atoms with E-state index in [4.69, 9.17) is 0 Å². The minimum absolute atomic E-state index is 0.624. The van der Waals surface area contributed by atoms with Crippen molar-refractivity contribution in [3.63, 3.8) is 0 Å². The van der Waals surface area contributed by atoms with E-state index in [0.717, 1.165) is 11.8 Å². The Balaban J connectivity index is 3.41. The van der Waals surface area contributed by atoms with E-state index >= 15 is 0 Å². The Bertz CT molecular complexity index is 198. The lowest BCUT2D eigenvalue weighted by atomic mass is 9.90. The Morgan fingerprint density at radius 1 is 0.667 bits per heavy atom. The van der Waals surface area contributed by atoms with Crippen LogP contribution in [0, 0.1) is 11.8 Å². The van der Waals surface area contributed by atoms with Crippen molar-refractivity contribution in [2.24, 2.45) is 11.8 Å². The highest BCUT2D eigenvalue weighted by atomic mass is 14.9. The average molecular weight is 298 g/mol. The van der Waals surface area contributed by atoms with Gasteiger partial charge in [0.25, 0.3) is 0 Å². The number of rotatable bonds is 15. The molecule has 0 aliphatic carbocycles. The minimum atomic E-state index is 0.624. The minimum Gasteiger partial charge on any atom is -0.314 e. The van der Waals surface area contributed by atoms with Gasteiger partial charge in [-0.2, -0.15) is 0 Å². The smallest absolute Gasteiger partial charge is 0.00104 e. The highest BCUT2D eigenvalue weighted by molar-refractivity contribution is 4.68. The third kappa shape index (κ3) is 14.7. The molecule has 0 saturated carbocycles. The molecule has 0 aromatic heterocycles. The van der Waals surface area contributed by atoms with Gasteiger partial charge in [0.2, 0.25) is 0 Å². The van der Waals surface area contributed by atoms with Crippen molar-refractivity contribution in [3.05, 3.63) is 0 Å². The van der Waals surface area contributed by atoms with Gasteiger partial charge in [0.1, 0.15) is 0 Å². The summed E-state index contributed by atoms with van der Waals surface area (Å²) in [5, 5.41) is 3.61. The summed E-state index contributed by atoms with van der Waals surface area (Å²) in [6, 6.07) is 0.624. The normalized spacial score (nSPS) is 13.3. The standard InChI is InChI=1S/C20H43N/c1-6-7-8-9-10-11-12-13-14-15-16-20(18(2)3)17-21-19(4)5/h18-21H,6-17H2,1-5H3. The predicted molar refractivity (Wildman–Crippen MR) is 97.9 cm³/mol. The summed E-state index contributed by atoms with van der Waals surface area (Å²) in [7, 11) is 0. The molecule has 1 N–H and O–H groups in total. The lowest BCUT2D eigenvalue weighted by Gasteiger charge is -2.22. The molecule has 0 aromatic rings. The van der Waals surface area contributed by atoms with Crippen LogP contribution in [-0.2, 0) is 0 Å². The van der Waals surface area contributed by atoms with Crippen molar-refractivity contribution in [2.75, 3.05) is 6.54 Å². The molecule has 0 amide bonds. The Kier molecular flexibility index (Phi) is 14.9. The fourth-order valence-corrected chi connectivity index (χ4v) is 2.95. The van der Waals surface area contributed by atoms with Crippen LogP contribution in [0.15, 0.2) is 0 Å². The maximum atomic E-state index is 3.61. The van der Waals surface area contributed by atoms with E-state index in [1.54, 1.807) is 0 Å². The molecular weight excluding hydrogens is 254 g/mol. The third-order valence-electron chi connectivity index (χ3n) is 4.66. The Labute approximate surface area is 135 Å². The highest BCUT2D eigenvalue weighted by Crippen LogP contribution is 2.19. The van der Waals surface area contributed by atoms with Crippen LogP contribution >= 0.6 is 0 Å². The molecule has 0 rings (SSSR count). The zero-order chi connectivity index (χ0) is 15.9. The van der Waals surface area contributed by atoms with Crippen LogP contribution in [0.25, 0.3) is 0 Å². The molecular formula is C20H43N. The van der Waals surface area contributed by atoms with Gasteiger partial charge in [-0.15, -0.1) is 0 Å². The first-order valence-electron chi connectivity index (χ1n) is 9.81. The van der Waals surface area contributed by atoms with Crippen LogP contribution in [0.2, 0.25) is 0 Å². The second kappa shape index (κ2) is 14.9. The van der Waals surface area contributed by atoms with Crippen LogP contribution in [0.3, 0.4) is 0 Å². The Hall–Kier alpha value is -0.0400. The van der Waals surface area contributed by atoms with Crippen LogP contribution < -0.4 is 5.32 Å². The van der Waals surface area contributed by atoms with Gasteiger partial charge in [0.15, 0.2) is 0 Å². The summed E-state index contributed by atoms with van der Waals surface area (Å²) < 4.78 is 0. The highest BCUT2D eigenvalue weighted by Gasteiger charge is 2.12. The molecule has 21 heavy (non-hydrogen) atoms. The molecule has 0 bridgehead atoms. The van der Waals surface area contributed by atoms with Crippen LogP contribution in [0.1, 0.15) is 105 Å². The molecule has 0 saturated heterocycles. The van der Waals surface area contributed by atoms with Crippen molar-refractivity contribution in [3.8, 4) is 0 Å². The zero-order valence-electron chi connectivity index (χ0n) is 15.7. The molecule has 1 unspecified atom stereocenters. The molecule has 0 heterocycles. The third-order valence-corrected chi connectivity index (χ3v) is 4.66. The fourth-order valence-electron chi connectivity index (χ4n) is 2.95. The average Bonchev–Trinajstić information content (AvgIpc) is 2.43. The van der Waals surface area contributed by atoms with Crippen molar-refractivity contribution in [2.45, 2.75) is 111 Å². The first kappa shape index (κ1) is 21.0. The SMILES string of the molecule is CCCCCCCCCCCCC(CNC(C)C)C(C)C. The molecule has 128 valence electrons. The van der Waals surface area contributed by atoms with E-state index in [1.807, 2.05) is 0 Å². The number of hydrogen-bond donors (Lipinski definition) is 1. The molecule has 0 aliphatic heterocycles. The van der Waals surface area contributed by atoms with Gasteiger partial charge in [-0.3, -0.25) is 0 Å². The topological polar surface area (TPSA) is 12.0 Å². The van der Waals surface area contributed by atoms with Gasteiger partial charge in [-0.1, -0.05) is 98.8 Å². The molecule has 0 radical (unpaired) electrons. The van der Waals surface area contributed by atoms with Crippen LogP contribution in [0.5, 0.6) is 0 Å². The van der Waals surface area contributed by atoms with E-state index < -0.39 is 0 Å². The molecule has 0 aromatic carbocycles. The largest absolute Gasteiger partial charge is 0.314 e. The molecule has 1 heteroatoms. The van der Waals surface area contributed by atoms with E-state index in [0.29, 0.717) is 6.04 Å². The summed E-state index contributed by atoms with van der Waals surface area (Å²) >= 11 is 0. The van der Waals surface area contributed by atoms with Gasteiger partial charge in [-0.05, 0) is 24.8 Å². The van der Waals surface area contributed by atoms with E-state index in [2.05, 4.69) is 39.9 Å².